The van der Waals surface area contributed by atoms with Gasteiger partial charge in [-0.2, -0.15) is 4.98 Å². The standard InChI is InChI=1S/C17H22N4O5/c1-10-18-12(19-26-10)8-20(2)15(22)13-11-4-5-17(25-11)9-21(6-7-24-3)16(23)14(13)17/h4-5,11,13-14H,6-9H2,1-3H3/t11-,13-,14+,17-/m0/s1. The zero-order valence-corrected chi connectivity index (χ0v) is 15.0. The second kappa shape index (κ2) is 6.17. The van der Waals surface area contributed by atoms with Crippen LogP contribution in [0.25, 0.3) is 0 Å². The molecular formula is C17H22N4O5. The third-order valence-electron chi connectivity index (χ3n) is 5.35. The molecule has 4 atom stereocenters. The maximum atomic E-state index is 13.1. The number of aromatic nitrogens is 2. The van der Waals surface area contributed by atoms with E-state index in [0.29, 0.717) is 31.4 Å². The average molecular weight is 362 g/mol. The molecular weight excluding hydrogens is 340 g/mol. The van der Waals surface area contributed by atoms with E-state index in [-0.39, 0.29) is 24.5 Å². The Morgan fingerprint density at radius 2 is 2.35 bits per heavy atom. The van der Waals surface area contributed by atoms with E-state index in [0.717, 1.165) is 0 Å². The second-order valence-electron chi connectivity index (χ2n) is 7.08. The van der Waals surface area contributed by atoms with E-state index in [1.54, 1.807) is 26.0 Å². The topological polar surface area (TPSA) is 98.0 Å². The fraction of sp³-hybridized carbons (Fsp3) is 0.647. The summed E-state index contributed by atoms with van der Waals surface area (Å²) in [4.78, 5) is 33.4. The van der Waals surface area contributed by atoms with Crippen LogP contribution in [-0.4, -0.2) is 77.3 Å². The predicted octanol–water partition coefficient (Wildman–Crippen LogP) is -0.235. The average Bonchev–Trinajstić information content (AvgIpc) is 3.34. The van der Waals surface area contributed by atoms with E-state index in [9.17, 15) is 9.59 Å². The number of rotatable bonds is 6. The van der Waals surface area contributed by atoms with Crippen molar-refractivity contribution in [1.82, 2.24) is 19.9 Å². The van der Waals surface area contributed by atoms with Crippen LogP contribution in [-0.2, 0) is 25.6 Å². The molecule has 2 saturated heterocycles. The molecule has 0 radical (unpaired) electrons. The number of nitrogens with zero attached hydrogens (tertiary/aromatic N) is 4. The van der Waals surface area contributed by atoms with Gasteiger partial charge in [0.15, 0.2) is 5.82 Å². The van der Waals surface area contributed by atoms with Crippen molar-refractivity contribution < 1.29 is 23.6 Å². The van der Waals surface area contributed by atoms with Gasteiger partial charge in [0.05, 0.1) is 37.6 Å². The normalized spacial score (nSPS) is 31.7. The highest BCUT2D eigenvalue weighted by molar-refractivity contribution is 5.92. The van der Waals surface area contributed by atoms with Crippen LogP contribution < -0.4 is 0 Å². The summed E-state index contributed by atoms with van der Waals surface area (Å²) >= 11 is 0. The zero-order valence-electron chi connectivity index (χ0n) is 15.0. The molecule has 1 aromatic heterocycles. The first-order valence-corrected chi connectivity index (χ1v) is 8.64. The molecule has 3 aliphatic heterocycles. The predicted molar refractivity (Wildman–Crippen MR) is 87.7 cm³/mol. The first-order chi connectivity index (χ1) is 12.4. The molecule has 2 fully saturated rings. The van der Waals surface area contributed by atoms with E-state index in [1.807, 2.05) is 12.2 Å². The number of fused-ring (bicyclic) bond motifs is 1. The van der Waals surface area contributed by atoms with Crippen LogP contribution in [0.2, 0.25) is 0 Å². The Bertz CT molecular complexity index is 762. The highest BCUT2D eigenvalue weighted by atomic mass is 16.5. The highest BCUT2D eigenvalue weighted by Crippen LogP contribution is 2.52. The minimum atomic E-state index is -0.695. The van der Waals surface area contributed by atoms with E-state index < -0.39 is 17.4 Å². The quantitative estimate of drug-likeness (QED) is 0.645. The molecule has 26 heavy (non-hydrogen) atoms. The Balaban J connectivity index is 1.52. The van der Waals surface area contributed by atoms with Crippen molar-refractivity contribution in [2.24, 2.45) is 11.8 Å². The van der Waals surface area contributed by atoms with Crippen molar-refractivity contribution in [2.45, 2.75) is 25.2 Å². The van der Waals surface area contributed by atoms with Gasteiger partial charge in [0.25, 0.3) is 0 Å². The van der Waals surface area contributed by atoms with Crippen LogP contribution in [0.3, 0.4) is 0 Å². The molecule has 4 heterocycles. The lowest BCUT2D eigenvalue weighted by Crippen LogP contribution is -2.44. The molecule has 9 heteroatoms. The molecule has 0 unspecified atom stereocenters. The number of carbonyl (C=O) groups excluding carboxylic acids is 2. The molecule has 3 aliphatic rings. The van der Waals surface area contributed by atoms with Gasteiger partial charge in [0, 0.05) is 27.6 Å². The summed E-state index contributed by atoms with van der Waals surface area (Å²) in [5, 5.41) is 3.82. The van der Waals surface area contributed by atoms with Crippen molar-refractivity contribution >= 4 is 11.8 Å². The number of methoxy groups -OCH3 is 1. The number of hydrogen-bond acceptors (Lipinski definition) is 7. The number of carbonyl (C=O) groups is 2. The molecule has 1 aromatic rings. The summed E-state index contributed by atoms with van der Waals surface area (Å²) < 4.78 is 16.1. The van der Waals surface area contributed by atoms with Gasteiger partial charge in [-0.25, -0.2) is 0 Å². The molecule has 2 amide bonds. The minimum Gasteiger partial charge on any atom is -0.383 e. The highest BCUT2D eigenvalue weighted by Gasteiger charge is 2.67. The summed E-state index contributed by atoms with van der Waals surface area (Å²) in [6.07, 6.45) is 3.48. The molecule has 9 nitrogen and oxygen atoms in total. The number of likely N-dealkylation sites (tertiary alicyclic amines) is 1. The Labute approximate surface area is 150 Å². The van der Waals surface area contributed by atoms with Crippen molar-refractivity contribution in [2.75, 3.05) is 33.9 Å². The summed E-state index contributed by atoms with van der Waals surface area (Å²) in [6.45, 7) is 3.34. The maximum absolute atomic E-state index is 13.1. The van der Waals surface area contributed by atoms with Gasteiger partial charge in [0.1, 0.15) is 5.60 Å². The van der Waals surface area contributed by atoms with Crippen LogP contribution in [0.5, 0.6) is 0 Å². The molecule has 140 valence electrons. The van der Waals surface area contributed by atoms with Gasteiger partial charge >= 0.3 is 0 Å². The van der Waals surface area contributed by atoms with Gasteiger partial charge in [-0.1, -0.05) is 17.3 Å². The smallest absolute Gasteiger partial charge is 0.230 e. The van der Waals surface area contributed by atoms with Gasteiger partial charge in [0.2, 0.25) is 17.7 Å². The molecule has 0 aliphatic carbocycles. The molecule has 4 rings (SSSR count). The minimum absolute atomic E-state index is 0.0453. The van der Waals surface area contributed by atoms with Crippen LogP contribution >= 0.6 is 0 Å². The molecule has 0 saturated carbocycles. The third-order valence-corrected chi connectivity index (χ3v) is 5.35. The number of ether oxygens (including phenoxy) is 2. The summed E-state index contributed by atoms with van der Waals surface area (Å²) in [5.41, 5.74) is -0.695. The van der Waals surface area contributed by atoms with Gasteiger partial charge in [-0.3, -0.25) is 9.59 Å². The lowest BCUT2D eigenvalue weighted by atomic mass is 9.76. The van der Waals surface area contributed by atoms with E-state index >= 15 is 0 Å². The molecule has 0 aromatic carbocycles. The Morgan fingerprint density at radius 3 is 3.04 bits per heavy atom. The fourth-order valence-electron chi connectivity index (χ4n) is 4.20. The van der Waals surface area contributed by atoms with Crippen LogP contribution in [0.1, 0.15) is 11.7 Å². The second-order valence-corrected chi connectivity index (χ2v) is 7.08. The summed E-state index contributed by atoms with van der Waals surface area (Å²) in [6, 6.07) is 0. The maximum Gasteiger partial charge on any atom is 0.230 e. The van der Waals surface area contributed by atoms with Crippen molar-refractivity contribution in [3.63, 3.8) is 0 Å². The van der Waals surface area contributed by atoms with Gasteiger partial charge in [-0.15, -0.1) is 0 Å². The number of aryl methyl sites for hydroxylation is 1. The Hall–Kier alpha value is -2.26. The summed E-state index contributed by atoms with van der Waals surface area (Å²) in [7, 11) is 3.28. The lowest BCUT2D eigenvalue weighted by molar-refractivity contribution is -0.143. The number of hydrogen-bond donors (Lipinski definition) is 0. The van der Waals surface area contributed by atoms with Crippen molar-refractivity contribution in [1.29, 1.82) is 0 Å². The fourth-order valence-corrected chi connectivity index (χ4v) is 4.20. The molecule has 2 bridgehead atoms. The lowest BCUT2D eigenvalue weighted by Gasteiger charge is -2.27. The van der Waals surface area contributed by atoms with E-state index in [1.165, 1.54) is 4.90 Å². The first kappa shape index (κ1) is 17.2. The Kier molecular flexibility index (Phi) is 4.07. The SMILES string of the molecule is COCCN1C[C@]23C=C[C@H](O2)[C@H](C(=O)N(C)Cc2noc(C)n2)[C@@H]3C1=O. The largest absolute Gasteiger partial charge is 0.383 e. The van der Waals surface area contributed by atoms with Crippen LogP contribution in [0.15, 0.2) is 16.7 Å². The number of amides is 2. The first-order valence-electron chi connectivity index (χ1n) is 8.64. The monoisotopic (exact) mass is 362 g/mol. The zero-order chi connectivity index (χ0) is 18.5. The van der Waals surface area contributed by atoms with E-state index in [4.69, 9.17) is 14.0 Å². The van der Waals surface area contributed by atoms with Gasteiger partial charge < -0.3 is 23.8 Å². The van der Waals surface area contributed by atoms with Crippen LogP contribution in [0.4, 0.5) is 0 Å². The van der Waals surface area contributed by atoms with Gasteiger partial charge in [-0.05, 0) is 0 Å². The summed E-state index contributed by atoms with van der Waals surface area (Å²) in [5.74, 6) is -0.320. The molecule has 1 spiro atoms. The molecule has 0 N–H and O–H groups in total. The van der Waals surface area contributed by atoms with Crippen LogP contribution in [0, 0.1) is 18.8 Å². The third kappa shape index (κ3) is 2.53. The van der Waals surface area contributed by atoms with Crippen molar-refractivity contribution in [3.8, 4) is 0 Å². The van der Waals surface area contributed by atoms with Crippen molar-refractivity contribution in [3.05, 3.63) is 23.9 Å². The Morgan fingerprint density at radius 1 is 1.54 bits per heavy atom. The van der Waals surface area contributed by atoms with E-state index in [2.05, 4.69) is 10.1 Å².